The van der Waals surface area contributed by atoms with Gasteiger partial charge in [-0.1, -0.05) is 6.58 Å². The number of nitrogens with zero attached hydrogens (tertiary/aromatic N) is 4. The van der Waals surface area contributed by atoms with Crippen molar-refractivity contribution < 1.29 is 14.4 Å². The number of pyridine rings is 2. The third-order valence-electron chi connectivity index (χ3n) is 5.60. The fourth-order valence-electron chi connectivity index (χ4n) is 4.16. The molecule has 5 rings (SSSR count). The molecule has 0 saturated carbocycles. The Bertz CT molecular complexity index is 1240. The Hall–Kier alpha value is -3.79. The number of likely N-dealkylation sites (tertiary alicyclic amines) is 1. The van der Waals surface area contributed by atoms with Gasteiger partial charge >= 0.3 is 6.03 Å². The van der Waals surface area contributed by atoms with E-state index in [0.717, 1.165) is 18.2 Å². The number of amides is 4. The number of aromatic nitrogens is 2. The number of rotatable bonds is 4. The Kier molecular flexibility index (Phi) is 5.06. The molecule has 2 aliphatic rings. The summed E-state index contributed by atoms with van der Waals surface area (Å²) in [5.74, 6) is -0.431. The molecule has 0 radical (unpaired) electrons. The van der Waals surface area contributed by atoms with Crippen LogP contribution in [0.5, 0.6) is 0 Å². The van der Waals surface area contributed by atoms with Gasteiger partial charge in [0.2, 0.25) is 5.91 Å². The van der Waals surface area contributed by atoms with Crippen molar-refractivity contribution in [2.75, 3.05) is 23.3 Å². The molecule has 0 aliphatic carbocycles. The van der Waals surface area contributed by atoms with Crippen LogP contribution >= 0.6 is 11.3 Å². The van der Waals surface area contributed by atoms with Crippen molar-refractivity contribution >= 4 is 56.5 Å². The number of urea groups is 1. The Morgan fingerprint density at radius 3 is 2.97 bits per heavy atom. The van der Waals surface area contributed by atoms with Crippen molar-refractivity contribution in [1.82, 2.24) is 20.2 Å². The average Bonchev–Trinajstić information content (AvgIpc) is 3.19. The van der Waals surface area contributed by atoms with Crippen LogP contribution in [-0.2, 0) is 4.79 Å². The zero-order valence-electron chi connectivity index (χ0n) is 17.1. The molecule has 2 N–H and O–H groups in total. The molecule has 0 spiro atoms. The molecule has 5 heterocycles. The molecule has 3 aromatic rings. The molecule has 0 bridgehead atoms. The molecule has 1 saturated heterocycles. The van der Waals surface area contributed by atoms with Crippen LogP contribution in [0.2, 0.25) is 0 Å². The second-order valence-electron chi connectivity index (χ2n) is 7.59. The van der Waals surface area contributed by atoms with Gasteiger partial charge in [0.1, 0.15) is 9.71 Å². The smallest absolute Gasteiger partial charge is 0.331 e. The predicted molar refractivity (Wildman–Crippen MR) is 122 cm³/mol. The lowest BCUT2D eigenvalue weighted by Gasteiger charge is -2.32. The third kappa shape index (κ3) is 3.38. The summed E-state index contributed by atoms with van der Waals surface area (Å²) in [6, 6.07) is 4.77. The zero-order chi connectivity index (χ0) is 22.2. The molecule has 1 atom stereocenters. The van der Waals surface area contributed by atoms with Crippen molar-refractivity contribution in [2.45, 2.75) is 18.9 Å². The van der Waals surface area contributed by atoms with E-state index in [-0.39, 0.29) is 23.9 Å². The van der Waals surface area contributed by atoms with Crippen LogP contribution in [0.1, 0.15) is 22.5 Å². The Morgan fingerprint density at radius 2 is 2.19 bits per heavy atom. The van der Waals surface area contributed by atoms with Crippen molar-refractivity contribution in [3.05, 3.63) is 54.3 Å². The molecule has 2 aliphatic heterocycles. The van der Waals surface area contributed by atoms with Crippen LogP contribution in [0.25, 0.3) is 10.2 Å². The molecule has 4 amide bonds. The summed E-state index contributed by atoms with van der Waals surface area (Å²) in [4.78, 5) is 50.9. The van der Waals surface area contributed by atoms with E-state index in [1.165, 1.54) is 22.3 Å². The highest BCUT2D eigenvalue weighted by molar-refractivity contribution is 7.21. The summed E-state index contributed by atoms with van der Waals surface area (Å²) < 4.78 is 0. The third-order valence-corrected chi connectivity index (χ3v) is 6.70. The Morgan fingerprint density at radius 1 is 1.31 bits per heavy atom. The van der Waals surface area contributed by atoms with E-state index in [9.17, 15) is 14.4 Å². The first-order valence-corrected chi connectivity index (χ1v) is 11.0. The van der Waals surface area contributed by atoms with Gasteiger partial charge in [0.25, 0.3) is 5.91 Å². The standard InChI is InChI=1S/C22H20N6O3S/c1-2-16(29)27-10-4-5-13(12-27)25-20(30)19-18-17-15(7-9-24-21(17)32-19)28(22(31)26-18)14-6-3-8-23-11-14/h2-3,6-9,11,13H,1,4-5,10,12H2,(H,25,30)(H,26,31). The molecule has 3 aromatic heterocycles. The highest BCUT2D eigenvalue weighted by Crippen LogP contribution is 2.45. The number of hydrogen-bond donors (Lipinski definition) is 2. The molecule has 162 valence electrons. The van der Waals surface area contributed by atoms with Crippen LogP contribution < -0.4 is 15.5 Å². The van der Waals surface area contributed by atoms with E-state index in [0.29, 0.717) is 39.9 Å². The van der Waals surface area contributed by atoms with Crippen molar-refractivity contribution in [2.24, 2.45) is 0 Å². The van der Waals surface area contributed by atoms with Crippen LogP contribution in [0.4, 0.5) is 21.9 Å². The first-order valence-electron chi connectivity index (χ1n) is 10.2. The lowest BCUT2D eigenvalue weighted by Crippen LogP contribution is -2.49. The Labute approximate surface area is 187 Å². The minimum Gasteiger partial charge on any atom is -0.347 e. The number of carbonyl (C=O) groups excluding carboxylic acids is 3. The first kappa shape index (κ1) is 20.1. The van der Waals surface area contributed by atoms with Gasteiger partial charge in [-0.3, -0.25) is 19.5 Å². The van der Waals surface area contributed by atoms with E-state index >= 15 is 0 Å². The molecule has 10 heteroatoms. The lowest BCUT2D eigenvalue weighted by molar-refractivity contribution is -0.127. The summed E-state index contributed by atoms with van der Waals surface area (Å²) in [6.07, 6.45) is 7.74. The van der Waals surface area contributed by atoms with Gasteiger partial charge in [-0.05, 0) is 37.1 Å². The molecule has 9 nitrogen and oxygen atoms in total. The fraction of sp³-hybridized carbons (Fsp3) is 0.227. The summed E-state index contributed by atoms with van der Waals surface area (Å²) in [5, 5.41) is 6.61. The largest absolute Gasteiger partial charge is 0.347 e. The molecule has 0 aromatic carbocycles. The van der Waals surface area contributed by atoms with Crippen LogP contribution in [0.3, 0.4) is 0 Å². The molecule has 1 unspecified atom stereocenters. The van der Waals surface area contributed by atoms with Crippen LogP contribution in [0, 0.1) is 0 Å². The topological polar surface area (TPSA) is 108 Å². The summed E-state index contributed by atoms with van der Waals surface area (Å²) in [6.45, 7) is 4.62. The number of hydrogen-bond acceptors (Lipinski definition) is 6. The molecule has 32 heavy (non-hydrogen) atoms. The monoisotopic (exact) mass is 448 g/mol. The highest BCUT2D eigenvalue weighted by atomic mass is 32.1. The maximum absolute atomic E-state index is 13.2. The number of nitrogens with one attached hydrogen (secondary N) is 2. The van der Waals surface area contributed by atoms with E-state index in [1.807, 2.05) is 0 Å². The van der Waals surface area contributed by atoms with E-state index in [2.05, 4.69) is 27.2 Å². The van der Waals surface area contributed by atoms with Gasteiger partial charge in [-0.25, -0.2) is 9.78 Å². The van der Waals surface area contributed by atoms with Gasteiger partial charge in [-0.15, -0.1) is 11.3 Å². The normalized spacial score (nSPS) is 17.8. The summed E-state index contributed by atoms with van der Waals surface area (Å²) in [7, 11) is 0. The number of carbonyl (C=O) groups is 3. The first-order chi connectivity index (χ1) is 15.6. The number of thiophene rings is 1. The van der Waals surface area contributed by atoms with Crippen molar-refractivity contribution in [3.63, 3.8) is 0 Å². The minimum absolute atomic E-state index is 0.141. The quantitative estimate of drug-likeness (QED) is 0.596. The van der Waals surface area contributed by atoms with Crippen molar-refractivity contribution in [1.29, 1.82) is 0 Å². The fourth-order valence-corrected chi connectivity index (χ4v) is 5.18. The van der Waals surface area contributed by atoms with Crippen LogP contribution in [0.15, 0.2) is 49.4 Å². The average molecular weight is 449 g/mol. The second kappa shape index (κ2) is 8.04. The SMILES string of the molecule is C=CC(=O)N1CCCC(NC(=O)c2sc3nccc4c3c2NC(=O)N4c2cccnc2)C1. The van der Waals surface area contributed by atoms with Crippen molar-refractivity contribution in [3.8, 4) is 0 Å². The maximum Gasteiger partial charge on any atom is 0.331 e. The summed E-state index contributed by atoms with van der Waals surface area (Å²) in [5.41, 5.74) is 1.73. The second-order valence-corrected chi connectivity index (χ2v) is 8.59. The van der Waals surface area contributed by atoms with E-state index < -0.39 is 0 Å². The van der Waals surface area contributed by atoms with Gasteiger partial charge in [-0.2, -0.15) is 0 Å². The van der Waals surface area contributed by atoms with E-state index in [4.69, 9.17) is 0 Å². The lowest BCUT2D eigenvalue weighted by atomic mass is 10.1. The number of anilines is 3. The predicted octanol–water partition coefficient (Wildman–Crippen LogP) is 3.28. The molecular formula is C22H20N6O3S. The van der Waals surface area contributed by atoms with Gasteiger partial charge in [0.05, 0.1) is 28.6 Å². The van der Waals surface area contributed by atoms with Gasteiger partial charge in [0.15, 0.2) is 0 Å². The highest BCUT2D eigenvalue weighted by Gasteiger charge is 2.33. The molecular weight excluding hydrogens is 428 g/mol. The minimum atomic E-state index is -0.370. The van der Waals surface area contributed by atoms with E-state index in [1.54, 1.807) is 41.7 Å². The van der Waals surface area contributed by atoms with Gasteiger partial charge < -0.3 is 15.5 Å². The van der Waals surface area contributed by atoms with Gasteiger partial charge in [0, 0.05) is 31.5 Å². The van der Waals surface area contributed by atoms with Crippen LogP contribution in [-0.4, -0.2) is 51.8 Å². The maximum atomic E-state index is 13.2. The Balaban J connectivity index is 1.47. The zero-order valence-corrected chi connectivity index (χ0v) is 17.9. The molecule has 1 fully saturated rings. The number of piperidine rings is 1. The summed E-state index contributed by atoms with van der Waals surface area (Å²) >= 11 is 1.23.